The van der Waals surface area contributed by atoms with Crippen LogP contribution in [0.4, 0.5) is 0 Å². The zero-order valence-electron chi connectivity index (χ0n) is 15.2. The average molecular weight is 471 g/mol. The zero-order valence-corrected chi connectivity index (χ0v) is 17.6. The van der Waals surface area contributed by atoms with E-state index in [4.69, 9.17) is 9.26 Å². The second-order valence-corrected chi connectivity index (χ2v) is 6.02. The van der Waals surface area contributed by atoms with Gasteiger partial charge in [0.05, 0.1) is 0 Å². The van der Waals surface area contributed by atoms with E-state index in [1.807, 2.05) is 30.3 Å². The van der Waals surface area contributed by atoms with Crippen LogP contribution in [0.15, 0.2) is 39.8 Å². The molecular weight excluding hydrogens is 445 g/mol. The SMILES string of the molecule is CCNC(=NCc1nc(C)no1)N1CCC(Oc2ccccc2)CC1.I. The third-order valence-corrected chi connectivity index (χ3v) is 4.06. The molecule has 1 fully saturated rings. The maximum atomic E-state index is 6.06. The van der Waals surface area contributed by atoms with Crippen LogP contribution in [0.5, 0.6) is 5.75 Å². The van der Waals surface area contributed by atoms with Gasteiger partial charge in [0.25, 0.3) is 0 Å². The first-order valence-electron chi connectivity index (χ1n) is 8.78. The molecule has 2 aromatic rings. The van der Waals surface area contributed by atoms with Gasteiger partial charge in [-0.15, -0.1) is 24.0 Å². The topological polar surface area (TPSA) is 75.8 Å². The summed E-state index contributed by atoms with van der Waals surface area (Å²) in [5, 5.41) is 7.14. The molecule has 1 aromatic carbocycles. The molecule has 0 saturated carbocycles. The Balaban J connectivity index is 0.00000243. The summed E-state index contributed by atoms with van der Waals surface area (Å²) in [6.07, 6.45) is 2.19. The Hall–Kier alpha value is -1.84. The summed E-state index contributed by atoms with van der Waals surface area (Å²) in [5.41, 5.74) is 0. The summed E-state index contributed by atoms with van der Waals surface area (Å²) < 4.78 is 11.2. The van der Waals surface area contributed by atoms with Crippen LogP contribution in [0, 0.1) is 6.92 Å². The normalized spacial score (nSPS) is 15.5. The van der Waals surface area contributed by atoms with Gasteiger partial charge in [-0.05, 0) is 26.0 Å². The second kappa shape index (κ2) is 10.3. The third-order valence-electron chi connectivity index (χ3n) is 4.06. The lowest BCUT2D eigenvalue weighted by atomic mass is 10.1. The number of hydrogen-bond donors (Lipinski definition) is 1. The Morgan fingerprint density at radius 1 is 1.31 bits per heavy atom. The molecule has 0 aliphatic carbocycles. The Morgan fingerprint density at radius 3 is 2.65 bits per heavy atom. The molecule has 1 aliphatic rings. The number of para-hydroxylation sites is 1. The van der Waals surface area contributed by atoms with Crippen LogP contribution >= 0.6 is 24.0 Å². The molecule has 142 valence electrons. The van der Waals surface area contributed by atoms with Crippen molar-refractivity contribution in [1.29, 1.82) is 0 Å². The Morgan fingerprint density at radius 2 is 2.04 bits per heavy atom. The minimum Gasteiger partial charge on any atom is -0.490 e. The second-order valence-electron chi connectivity index (χ2n) is 6.02. The smallest absolute Gasteiger partial charge is 0.248 e. The van der Waals surface area contributed by atoms with Gasteiger partial charge >= 0.3 is 0 Å². The predicted molar refractivity (Wildman–Crippen MR) is 111 cm³/mol. The molecule has 0 bridgehead atoms. The van der Waals surface area contributed by atoms with Crippen molar-refractivity contribution in [3.63, 3.8) is 0 Å². The minimum absolute atomic E-state index is 0. The quantitative estimate of drug-likeness (QED) is 0.411. The van der Waals surface area contributed by atoms with Crippen LogP contribution in [0.25, 0.3) is 0 Å². The van der Waals surface area contributed by atoms with E-state index in [9.17, 15) is 0 Å². The Labute approximate surface area is 171 Å². The standard InChI is InChI=1S/C18H25N5O2.HI/c1-3-19-18(20-13-17-21-14(2)22-25-17)23-11-9-16(10-12-23)24-15-7-5-4-6-8-15;/h4-8,16H,3,9-13H2,1-2H3,(H,19,20);1H. The highest BCUT2D eigenvalue weighted by molar-refractivity contribution is 14.0. The van der Waals surface area contributed by atoms with Gasteiger partial charge in [-0.25, -0.2) is 4.99 Å². The molecule has 0 spiro atoms. The molecule has 7 nitrogen and oxygen atoms in total. The molecule has 0 unspecified atom stereocenters. The molecule has 1 aromatic heterocycles. The van der Waals surface area contributed by atoms with Crippen molar-refractivity contribution in [3.05, 3.63) is 42.0 Å². The van der Waals surface area contributed by atoms with E-state index in [0.29, 0.717) is 18.3 Å². The summed E-state index contributed by atoms with van der Waals surface area (Å²) >= 11 is 0. The van der Waals surface area contributed by atoms with Crippen LogP contribution < -0.4 is 10.1 Å². The molecule has 0 amide bonds. The first-order valence-corrected chi connectivity index (χ1v) is 8.78. The number of nitrogens with one attached hydrogen (secondary N) is 1. The number of piperidine rings is 1. The lowest BCUT2D eigenvalue weighted by Crippen LogP contribution is -2.47. The van der Waals surface area contributed by atoms with Gasteiger partial charge in [0.1, 0.15) is 18.4 Å². The highest BCUT2D eigenvalue weighted by Crippen LogP contribution is 2.18. The molecule has 26 heavy (non-hydrogen) atoms. The van der Waals surface area contributed by atoms with E-state index >= 15 is 0 Å². The van der Waals surface area contributed by atoms with Crippen molar-refractivity contribution >= 4 is 29.9 Å². The maximum absolute atomic E-state index is 6.06. The maximum Gasteiger partial charge on any atom is 0.248 e. The largest absolute Gasteiger partial charge is 0.490 e. The number of halogens is 1. The van der Waals surface area contributed by atoms with Gasteiger partial charge in [0.15, 0.2) is 11.8 Å². The fourth-order valence-electron chi connectivity index (χ4n) is 2.85. The highest BCUT2D eigenvalue weighted by atomic mass is 127. The van der Waals surface area contributed by atoms with Crippen LogP contribution in [0.1, 0.15) is 31.5 Å². The minimum atomic E-state index is 0. The van der Waals surface area contributed by atoms with Crippen molar-refractivity contribution in [1.82, 2.24) is 20.4 Å². The molecule has 8 heteroatoms. The lowest BCUT2D eigenvalue weighted by Gasteiger charge is -2.34. The molecule has 2 heterocycles. The fraction of sp³-hybridized carbons (Fsp3) is 0.500. The fourth-order valence-corrected chi connectivity index (χ4v) is 2.85. The van der Waals surface area contributed by atoms with Crippen molar-refractivity contribution in [2.75, 3.05) is 19.6 Å². The molecule has 1 N–H and O–H groups in total. The number of benzene rings is 1. The van der Waals surface area contributed by atoms with Crippen LogP contribution in [0.2, 0.25) is 0 Å². The van der Waals surface area contributed by atoms with E-state index in [1.165, 1.54) is 0 Å². The number of hydrogen-bond acceptors (Lipinski definition) is 5. The van der Waals surface area contributed by atoms with Gasteiger partial charge in [0, 0.05) is 32.5 Å². The summed E-state index contributed by atoms with van der Waals surface area (Å²) in [6.45, 7) is 6.90. The van der Waals surface area contributed by atoms with E-state index in [0.717, 1.165) is 44.2 Å². The van der Waals surface area contributed by atoms with Gasteiger partial charge in [-0.1, -0.05) is 23.4 Å². The molecule has 0 radical (unpaired) electrons. The van der Waals surface area contributed by atoms with Crippen LogP contribution in [-0.2, 0) is 6.54 Å². The van der Waals surface area contributed by atoms with E-state index in [2.05, 4.69) is 32.3 Å². The average Bonchev–Trinajstić information content (AvgIpc) is 3.06. The number of aliphatic imine (C=N–C) groups is 1. The summed E-state index contributed by atoms with van der Waals surface area (Å²) in [7, 11) is 0. The zero-order chi connectivity index (χ0) is 17.5. The van der Waals surface area contributed by atoms with Crippen molar-refractivity contribution in [3.8, 4) is 5.75 Å². The van der Waals surface area contributed by atoms with E-state index in [1.54, 1.807) is 6.92 Å². The molecule has 1 aliphatic heterocycles. The molecule has 1 saturated heterocycles. The molecule has 0 atom stereocenters. The highest BCUT2D eigenvalue weighted by Gasteiger charge is 2.22. The predicted octanol–water partition coefficient (Wildman–Crippen LogP) is 3.00. The van der Waals surface area contributed by atoms with Gasteiger partial charge in [-0.3, -0.25) is 0 Å². The number of guanidine groups is 1. The summed E-state index contributed by atoms with van der Waals surface area (Å²) in [5.74, 6) is 2.99. The molecular formula is C18H26IN5O2. The monoisotopic (exact) mass is 471 g/mol. The van der Waals surface area contributed by atoms with Crippen LogP contribution in [-0.4, -0.2) is 46.7 Å². The van der Waals surface area contributed by atoms with Crippen molar-refractivity contribution in [2.24, 2.45) is 4.99 Å². The number of rotatable bonds is 5. The van der Waals surface area contributed by atoms with Gasteiger partial charge < -0.3 is 19.5 Å². The summed E-state index contributed by atoms with van der Waals surface area (Å²) in [4.78, 5) is 11.1. The molecule has 3 rings (SSSR count). The lowest BCUT2D eigenvalue weighted by molar-refractivity contribution is 0.129. The van der Waals surface area contributed by atoms with Gasteiger partial charge in [-0.2, -0.15) is 4.98 Å². The van der Waals surface area contributed by atoms with E-state index in [-0.39, 0.29) is 30.1 Å². The van der Waals surface area contributed by atoms with Crippen molar-refractivity contribution < 1.29 is 9.26 Å². The van der Waals surface area contributed by atoms with Crippen LogP contribution in [0.3, 0.4) is 0 Å². The third kappa shape index (κ3) is 5.86. The number of aryl methyl sites for hydroxylation is 1. The number of aromatic nitrogens is 2. The number of ether oxygens (including phenoxy) is 1. The van der Waals surface area contributed by atoms with E-state index < -0.39 is 0 Å². The Bertz CT molecular complexity index is 684. The number of nitrogens with zero attached hydrogens (tertiary/aromatic N) is 4. The summed E-state index contributed by atoms with van der Waals surface area (Å²) in [6, 6.07) is 10.0. The number of likely N-dealkylation sites (tertiary alicyclic amines) is 1. The van der Waals surface area contributed by atoms with Gasteiger partial charge in [0.2, 0.25) is 5.89 Å². The first-order chi connectivity index (χ1) is 12.2. The first kappa shape index (κ1) is 20.5. The van der Waals surface area contributed by atoms with Crippen molar-refractivity contribution in [2.45, 2.75) is 39.3 Å². The Kier molecular flexibility index (Phi) is 8.14.